The molecule has 1 N–H and O–H groups in total. The molecular formula is C20H26N4O. The number of aromatic nitrogens is 2. The number of para-hydroxylation sites is 1. The largest absolute Gasteiger partial charge is 0.340 e. The fraction of sp³-hybridized carbons (Fsp3) is 0.450. The fourth-order valence-electron chi connectivity index (χ4n) is 3.31. The SMILES string of the molecule is CCc1cccc(C)c1Nc1cc(C(=O)N2CCCCCC2)ncn1. The van der Waals surface area contributed by atoms with Crippen LogP contribution in [0.1, 0.15) is 54.2 Å². The number of carbonyl (C=O) groups excluding carboxylic acids is 1. The van der Waals surface area contributed by atoms with Gasteiger partial charge in [0.1, 0.15) is 17.8 Å². The molecule has 1 aromatic carbocycles. The average molecular weight is 338 g/mol. The molecule has 0 saturated carbocycles. The van der Waals surface area contributed by atoms with Crippen molar-refractivity contribution in [3.63, 3.8) is 0 Å². The van der Waals surface area contributed by atoms with E-state index >= 15 is 0 Å². The van der Waals surface area contributed by atoms with E-state index in [1.165, 1.54) is 30.3 Å². The molecule has 2 aromatic rings. The number of anilines is 2. The molecule has 5 nitrogen and oxygen atoms in total. The minimum absolute atomic E-state index is 0.00727. The molecule has 0 aliphatic carbocycles. The monoisotopic (exact) mass is 338 g/mol. The van der Waals surface area contributed by atoms with E-state index in [0.29, 0.717) is 11.5 Å². The highest BCUT2D eigenvalue weighted by Gasteiger charge is 2.19. The summed E-state index contributed by atoms with van der Waals surface area (Å²) in [4.78, 5) is 23.2. The van der Waals surface area contributed by atoms with Crippen LogP contribution in [0.15, 0.2) is 30.6 Å². The maximum absolute atomic E-state index is 12.8. The molecule has 0 spiro atoms. The van der Waals surface area contributed by atoms with Crippen LogP contribution in [0.25, 0.3) is 0 Å². The van der Waals surface area contributed by atoms with E-state index in [9.17, 15) is 4.79 Å². The van der Waals surface area contributed by atoms with Gasteiger partial charge in [0.2, 0.25) is 0 Å². The molecule has 1 amide bonds. The van der Waals surface area contributed by atoms with Gasteiger partial charge in [0.25, 0.3) is 5.91 Å². The lowest BCUT2D eigenvalue weighted by Gasteiger charge is -2.20. The Morgan fingerprint density at radius 2 is 1.92 bits per heavy atom. The lowest BCUT2D eigenvalue weighted by atomic mass is 10.1. The number of aryl methyl sites for hydroxylation is 2. The van der Waals surface area contributed by atoms with Crippen molar-refractivity contribution in [2.75, 3.05) is 18.4 Å². The van der Waals surface area contributed by atoms with Crippen LogP contribution in [0.4, 0.5) is 11.5 Å². The Labute approximate surface area is 149 Å². The number of nitrogens with one attached hydrogen (secondary N) is 1. The molecule has 1 fully saturated rings. The van der Waals surface area contributed by atoms with Gasteiger partial charge in [-0.2, -0.15) is 0 Å². The van der Waals surface area contributed by atoms with Gasteiger partial charge in [-0.15, -0.1) is 0 Å². The van der Waals surface area contributed by atoms with Crippen molar-refractivity contribution in [1.29, 1.82) is 0 Å². The molecule has 1 aliphatic heterocycles. The summed E-state index contributed by atoms with van der Waals surface area (Å²) in [6.07, 6.45) is 6.96. The van der Waals surface area contributed by atoms with Crippen LogP contribution in [0.3, 0.4) is 0 Å². The highest BCUT2D eigenvalue weighted by Crippen LogP contribution is 2.24. The zero-order chi connectivity index (χ0) is 17.6. The van der Waals surface area contributed by atoms with Gasteiger partial charge in [-0.05, 0) is 37.3 Å². The van der Waals surface area contributed by atoms with Gasteiger partial charge in [-0.1, -0.05) is 38.0 Å². The van der Waals surface area contributed by atoms with Crippen molar-refractivity contribution in [1.82, 2.24) is 14.9 Å². The van der Waals surface area contributed by atoms with Crippen LogP contribution >= 0.6 is 0 Å². The van der Waals surface area contributed by atoms with Gasteiger partial charge in [-0.3, -0.25) is 4.79 Å². The number of benzene rings is 1. The molecule has 132 valence electrons. The molecule has 1 saturated heterocycles. The highest BCUT2D eigenvalue weighted by molar-refractivity contribution is 5.93. The molecule has 5 heteroatoms. The maximum atomic E-state index is 12.8. The Bertz CT molecular complexity index is 736. The van der Waals surface area contributed by atoms with Gasteiger partial charge in [-0.25, -0.2) is 9.97 Å². The predicted octanol–water partition coefficient (Wildman–Crippen LogP) is 4.11. The Balaban J connectivity index is 1.81. The van der Waals surface area contributed by atoms with E-state index in [0.717, 1.165) is 38.0 Å². The summed E-state index contributed by atoms with van der Waals surface area (Å²) in [5.74, 6) is 0.671. The van der Waals surface area contributed by atoms with Crippen LogP contribution in [-0.2, 0) is 6.42 Å². The Kier molecular flexibility index (Phi) is 5.64. The second-order valence-corrected chi connectivity index (χ2v) is 6.58. The zero-order valence-electron chi connectivity index (χ0n) is 15.1. The van der Waals surface area contributed by atoms with Crippen molar-refractivity contribution in [3.8, 4) is 0 Å². The third kappa shape index (κ3) is 4.16. The molecule has 0 unspecified atom stereocenters. The molecule has 0 bridgehead atoms. The molecule has 25 heavy (non-hydrogen) atoms. The zero-order valence-corrected chi connectivity index (χ0v) is 15.1. The average Bonchev–Trinajstić information content (AvgIpc) is 2.92. The Hall–Kier alpha value is -2.43. The summed E-state index contributed by atoms with van der Waals surface area (Å²) in [6.45, 7) is 5.85. The van der Waals surface area contributed by atoms with E-state index < -0.39 is 0 Å². The van der Waals surface area contributed by atoms with Gasteiger partial charge in [0.15, 0.2) is 0 Å². The van der Waals surface area contributed by atoms with Gasteiger partial charge >= 0.3 is 0 Å². The molecule has 0 atom stereocenters. The fourth-order valence-corrected chi connectivity index (χ4v) is 3.31. The topological polar surface area (TPSA) is 58.1 Å². The van der Waals surface area contributed by atoms with Crippen molar-refractivity contribution in [3.05, 3.63) is 47.4 Å². The number of carbonyl (C=O) groups is 1. The number of nitrogens with zero attached hydrogens (tertiary/aromatic N) is 3. The smallest absolute Gasteiger partial charge is 0.272 e. The first kappa shape index (κ1) is 17.4. The summed E-state index contributed by atoms with van der Waals surface area (Å²) in [5, 5.41) is 3.38. The number of hydrogen-bond acceptors (Lipinski definition) is 4. The van der Waals surface area contributed by atoms with Crippen LogP contribution in [-0.4, -0.2) is 33.9 Å². The molecule has 1 aromatic heterocycles. The lowest BCUT2D eigenvalue weighted by Crippen LogP contribution is -2.32. The van der Waals surface area contributed by atoms with Crippen LogP contribution in [0.5, 0.6) is 0 Å². The lowest BCUT2D eigenvalue weighted by molar-refractivity contribution is 0.0755. The van der Waals surface area contributed by atoms with Crippen LogP contribution in [0.2, 0.25) is 0 Å². The Morgan fingerprint density at radius 1 is 1.16 bits per heavy atom. The van der Waals surface area contributed by atoms with Gasteiger partial charge in [0, 0.05) is 24.8 Å². The summed E-state index contributed by atoms with van der Waals surface area (Å²) in [6, 6.07) is 8.01. The van der Waals surface area contributed by atoms with Crippen molar-refractivity contribution in [2.45, 2.75) is 46.0 Å². The summed E-state index contributed by atoms with van der Waals surface area (Å²) < 4.78 is 0. The first-order chi connectivity index (χ1) is 12.2. The van der Waals surface area contributed by atoms with Gasteiger partial charge < -0.3 is 10.2 Å². The van der Waals surface area contributed by atoms with E-state index in [1.807, 2.05) is 4.90 Å². The molecular weight excluding hydrogens is 312 g/mol. The molecule has 3 rings (SSSR count). The van der Waals surface area contributed by atoms with Crippen molar-refractivity contribution in [2.24, 2.45) is 0 Å². The van der Waals surface area contributed by atoms with E-state index in [-0.39, 0.29) is 5.91 Å². The van der Waals surface area contributed by atoms with Crippen molar-refractivity contribution >= 4 is 17.4 Å². The number of hydrogen-bond donors (Lipinski definition) is 1. The summed E-state index contributed by atoms with van der Waals surface area (Å²) in [5.41, 5.74) is 3.93. The van der Waals surface area contributed by atoms with E-state index in [4.69, 9.17) is 0 Å². The van der Waals surface area contributed by atoms with Crippen LogP contribution in [0, 0.1) is 6.92 Å². The first-order valence-electron chi connectivity index (χ1n) is 9.16. The third-order valence-corrected chi connectivity index (χ3v) is 4.77. The Morgan fingerprint density at radius 3 is 2.64 bits per heavy atom. The number of likely N-dealkylation sites (tertiary alicyclic amines) is 1. The maximum Gasteiger partial charge on any atom is 0.272 e. The minimum atomic E-state index is 0.00727. The molecule has 1 aliphatic rings. The highest BCUT2D eigenvalue weighted by atomic mass is 16.2. The number of amides is 1. The summed E-state index contributed by atoms with van der Waals surface area (Å²) >= 11 is 0. The van der Waals surface area contributed by atoms with E-state index in [1.54, 1.807) is 6.07 Å². The third-order valence-electron chi connectivity index (χ3n) is 4.77. The number of rotatable bonds is 4. The molecule has 0 radical (unpaired) electrons. The van der Waals surface area contributed by atoms with E-state index in [2.05, 4.69) is 47.3 Å². The standard InChI is InChI=1S/C20H26N4O/c1-3-16-10-8-9-15(2)19(16)23-18-13-17(21-14-22-18)20(25)24-11-6-4-5-7-12-24/h8-10,13-14H,3-7,11-12H2,1-2H3,(H,21,22,23). The predicted molar refractivity (Wildman–Crippen MR) is 100 cm³/mol. The quantitative estimate of drug-likeness (QED) is 0.911. The normalized spacial score (nSPS) is 14.9. The second kappa shape index (κ2) is 8.10. The summed E-state index contributed by atoms with van der Waals surface area (Å²) in [7, 11) is 0. The van der Waals surface area contributed by atoms with Crippen molar-refractivity contribution < 1.29 is 4.79 Å². The minimum Gasteiger partial charge on any atom is -0.340 e. The second-order valence-electron chi connectivity index (χ2n) is 6.58. The van der Waals surface area contributed by atoms with Crippen LogP contribution < -0.4 is 5.32 Å². The molecule has 2 heterocycles. The first-order valence-corrected chi connectivity index (χ1v) is 9.16. The van der Waals surface area contributed by atoms with Gasteiger partial charge in [0.05, 0.1) is 0 Å².